The molecule has 3 heterocycles. The van der Waals surface area contributed by atoms with Crippen molar-refractivity contribution in [1.29, 1.82) is 0 Å². The summed E-state index contributed by atoms with van der Waals surface area (Å²) >= 11 is 0. The van der Waals surface area contributed by atoms with Crippen molar-refractivity contribution < 1.29 is 0 Å². The number of aliphatic imine (C=N–C) groups is 2. The summed E-state index contributed by atoms with van der Waals surface area (Å²) in [5.74, 6) is 3.14. The zero-order valence-electron chi connectivity index (χ0n) is 37.3. The second-order valence-electron chi connectivity index (χ2n) is 20.2. The minimum atomic E-state index is -0.125. The molecule has 5 heteroatoms. The Morgan fingerprint density at radius 2 is 1.71 bits per heavy atom. The molecule has 11 aliphatic rings. The van der Waals surface area contributed by atoms with Crippen LogP contribution in [0.2, 0.25) is 0 Å². The van der Waals surface area contributed by atoms with Crippen molar-refractivity contribution in [2.24, 2.45) is 39.1 Å². The average Bonchev–Trinajstić information content (AvgIpc) is 4.03. The molecular formula is C58H63N5. The lowest BCUT2D eigenvalue weighted by molar-refractivity contribution is 0.269. The number of nitrogens with zero attached hydrogens (tertiary/aromatic N) is 4. The normalized spacial score (nSPS) is 35.4. The first kappa shape index (κ1) is 39.3. The largest absolute Gasteiger partial charge is 0.340 e. The Labute approximate surface area is 375 Å². The van der Waals surface area contributed by atoms with Gasteiger partial charge in [-0.3, -0.25) is 10.3 Å². The fourth-order valence-corrected chi connectivity index (χ4v) is 13.5. The molecule has 0 radical (unpaired) electrons. The average molecular weight is 830 g/mol. The van der Waals surface area contributed by atoms with Crippen molar-refractivity contribution in [2.75, 3.05) is 7.05 Å². The van der Waals surface area contributed by atoms with E-state index in [0.717, 1.165) is 57.2 Å². The van der Waals surface area contributed by atoms with E-state index < -0.39 is 0 Å². The van der Waals surface area contributed by atoms with Crippen LogP contribution in [-0.4, -0.2) is 46.6 Å². The molecule has 1 aromatic rings. The minimum Gasteiger partial charge on any atom is -0.340 e. The van der Waals surface area contributed by atoms with Gasteiger partial charge in [0.15, 0.2) is 0 Å². The number of hydrogen-bond acceptors (Lipinski definition) is 5. The molecule has 63 heavy (non-hydrogen) atoms. The van der Waals surface area contributed by atoms with Crippen LogP contribution < -0.4 is 5.32 Å². The zero-order valence-corrected chi connectivity index (χ0v) is 37.3. The van der Waals surface area contributed by atoms with Crippen LogP contribution in [-0.2, 0) is 0 Å². The summed E-state index contributed by atoms with van der Waals surface area (Å²) in [7, 11) is 2.25. The van der Waals surface area contributed by atoms with E-state index in [9.17, 15) is 0 Å². The van der Waals surface area contributed by atoms with Crippen LogP contribution >= 0.6 is 0 Å². The highest BCUT2D eigenvalue weighted by Gasteiger charge is 2.54. The van der Waals surface area contributed by atoms with Gasteiger partial charge in [-0.25, -0.2) is 4.99 Å². The highest BCUT2D eigenvalue weighted by atomic mass is 15.4. The lowest BCUT2D eigenvalue weighted by Gasteiger charge is -2.41. The minimum absolute atomic E-state index is 0.0116. The SMILES string of the molecule is CN1C(C2=CC(C3CC=CC=C3C3CC=CCC3)=NC2C2=CC3=C(CC2)C2C4=C(CCC2C3)C2(C)CC=CC=C2N4C2C=CC=CC2)=NC(C2=CCCC=C2)NC1c1ccccc1. The van der Waals surface area contributed by atoms with Crippen molar-refractivity contribution in [3.8, 4) is 0 Å². The molecule has 0 fully saturated rings. The third kappa shape index (κ3) is 6.66. The van der Waals surface area contributed by atoms with Gasteiger partial charge in [-0.1, -0.05) is 133 Å². The van der Waals surface area contributed by atoms with E-state index in [1.807, 2.05) is 0 Å². The molecule has 320 valence electrons. The quantitative estimate of drug-likeness (QED) is 0.278. The predicted molar refractivity (Wildman–Crippen MR) is 260 cm³/mol. The van der Waals surface area contributed by atoms with Crippen LogP contribution in [0.3, 0.4) is 0 Å². The van der Waals surface area contributed by atoms with Crippen LogP contribution in [0.4, 0.5) is 0 Å². The summed E-state index contributed by atoms with van der Waals surface area (Å²) in [6.07, 6.45) is 55.3. The molecule has 0 saturated heterocycles. The van der Waals surface area contributed by atoms with Crippen molar-refractivity contribution in [3.63, 3.8) is 0 Å². The van der Waals surface area contributed by atoms with Gasteiger partial charge < -0.3 is 9.80 Å². The number of nitrogens with one attached hydrogen (secondary N) is 1. The fraction of sp³-hybridized carbons (Fsp3) is 0.414. The smallest absolute Gasteiger partial charge is 0.132 e. The van der Waals surface area contributed by atoms with Crippen LogP contribution in [0, 0.1) is 29.1 Å². The monoisotopic (exact) mass is 830 g/mol. The van der Waals surface area contributed by atoms with Crippen LogP contribution in [0.1, 0.15) is 102 Å². The number of amidine groups is 1. The molecule has 3 aliphatic heterocycles. The standard InChI is InChI=1S/C58H63N5/c1-58-34-18-17-29-51(58)63(44-25-13-6-14-26-44)54-49(58)33-31-41-35-43-36-42(30-32-46(43)52(41)54)53-48(37-50(59-53)47-28-16-15-27-45(47)38-19-7-3-8-20-38)57-61-55(39-21-9-4-10-22-39)60-56(62(57)2)40-23-11-5-12-24-40/h3,5-7,9,11-18,21-25,27,29,36-38,41,44,47,52-53,55-56,60H,4,8,10,19-20,26,28,30-35H2,1-2H3. The van der Waals surface area contributed by atoms with Gasteiger partial charge in [-0.2, -0.15) is 0 Å². The van der Waals surface area contributed by atoms with Gasteiger partial charge in [0.2, 0.25) is 0 Å². The number of fused-ring (bicyclic) bond motifs is 5. The first-order chi connectivity index (χ1) is 31.0. The van der Waals surface area contributed by atoms with Crippen LogP contribution in [0.25, 0.3) is 0 Å². The van der Waals surface area contributed by atoms with Gasteiger partial charge in [-0.05, 0) is 142 Å². The molecule has 12 rings (SSSR count). The lowest BCUT2D eigenvalue weighted by Crippen LogP contribution is -2.50. The van der Waals surface area contributed by atoms with Crippen molar-refractivity contribution in [3.05, 3.63) is 190 Å². The molecule has 0 bridgehead atoms. The predicted octanol–water partition coefficient (Wildman–Crippen LogP) is 12.6. The Balaban J connectivity index is 0.952. The highest BCUT2D eigenvalue weighted by Crippen LogP contribution is 2.63. The van der Waals surface area contributed by atoms with E-state index in [1.165, 1.54) is 65.8 Å². The lowest BCUT2D eigenvalue weighted by atomic mass is 9.68. The third-order valence-electron chi connectivity index (χ3n) is 16.6. The maximum Gasteiger partial charge on any atom is 0.132 e. The molecule has 1 N–H and O–H groups in total. The van der Waals surface area contributed by atoms with E-state index >= 15 is 0 Å². The second-order valence-corrected chi connectivity index (χ2v) is 20.2. The highest BCUT2D eigenvalue weighted by molar-refractivity contribution is 6.12. The van der Waals surface area contributed by atoms with Crippen LogP contribution in [0.5, 0.6) is 0 Å². The van der Waals surface area contributed by atoms with E-state index in [1.54, 1.807) is 28.0 Å². The summed E-state index contributed by atoms with van der Waals surface area (Å²) in [4.78, 5) is 16.9. The van der Waals surface area contributed by atoms with E-state index in [4.69, 9.17) is 9.98 Å². The van der Waals surface area contributed by atoms with Crippen molar-refractivity contribution in [2.45, 2.75) is 115 Å². The molecule has 0 aromatic heterocycles. The summed E-state index contributed by atoms with van der Waals surface area (Å²) in [6.45, 7) is 2.55. The molecule has 9 unspecified atom stereocenters. The first-order valence-corrected chi connectivity index (χ1v) is 24.5. The number of allylic oxidation sites excluding steroid dienone is 18. The zero-order chi connectivity index (χ0) is 42.1. The van der Waals surface area contributed by atoms with Gasteiger partial charge in [-0.15, -0.1) is 0 Å². The third-order valence-corrected chi connectivity index (χ3v) is 16.6. The molecule has 5 nitrogen and oxygen atoms in total. The molecular weight excluding hydrogens is 767 g/mol. The first-order valence-electron chi connectivity index (χ1n) is 24.5. The second kappa shape index (κ2) is 16.1. The van der Waals surface area contributed by atoms with Gasteiger partial charge in [0.05, 0.1) is 6.04 Å². The maximum atomic E-state index is 5.93. The Morgan fingerprint density at radius 1 is 0.810 bits per heavy atom. The van der Waals surface area contributed by atoms with Gasteiger partial charge in [0.1, 0.15) is 24.2 Å². The topological polar surface area (TPSA) is 43.2 Å². The Morgan fingerprint density at radius 3 is 2.56 bits per heavy atom. The van der Waals surface area contributed by atoms with Crippen LogP contribution in [0.15, 0.2) is 194 Å². The Kier molecular flexibility index (Phi) is 10.0. The molecule has 8 aliphatic carbocycles. The number of rotatable bonds is 7. The molecule has 0 saturated carbocycles. The summed E-state index contributed by atoms with van der Waals surface area (Å²) < 4.78 is 0. The number of benzene rings is 1. The summed E-state index contributed by atoms with van der Waals surface area (Å²) in [6, 6.07) is 11.3. The van der Waals surface area contributed by atoms with Gasteiger partial charge in [0, 0.05) is 47.0 Å². The maximum absolute atomic E-state index is 5.93. The van der Waals surface area contributed by atoms with Gasteiger partial charge >= 0.3 is 0 Å². The van der Waals surface area contributed by atoms with E-state index in [0.29, 0.717) is 29.7 Å². The fourth-order valence-electron chi connectivity index (χ4n) is 13.5. The summed E-state index contributed by atoms with van der Waals surface area (Å²) in [5, 5.41) is 3.97. The Bertz CT molecular complexity index is 2550. The molecule has 9 atom stereocenters. The molecule has 1 aromatic carbocycles. The number of likely N-dealkylation sites (N-methyl/N-ethyl adjacent to an activating group) is 1. The van der Waals surface area contributed by atoms with E-state index in [-0.39, 0.29) is 23.8 Å². The van der Waals surface area contributed by atoms with Gasteiger partial charge in [0.25, 0.3) is 0 Å². The molecule has 0 spiro atoms. The van der Waals surface area contributed by atoms with E-state index in [2.05, 4.69) is 163 Å². The number of hydrogen-bond donors (Lipinski definition) is 1. The van der Waals surface area contributed by atoms with Crippen molar-refractivity contribution in [1.82, 2.24) is 15.1 Å². The molecule has 0 amide bonds. The summed E-state index contributed by atoms with van der Waals surface area (Å²) in [5.41, 5.74) is 16.5. The van der Waals surface area contributed by atoms with Crippen molar-refractivity contribution >= 4 is 11.5 Å². The Hall–Kier alpha value is -5.26.